The summed E-state index contributed by atoms with van der Waals surface area (Å²) in [5.74, 6) is 0. The zero-order chi connectivity index (χ0) is 14.7. The lowest BCUT2D eigenvalue weighted by molar-refractivity contribution is -0.384. The van der Waals surface area contributed by atoms with Gasteiger partial charge in [0, 0.05) is 18.8 Å². The first-order valence-corrected chi connectivity index (χ1v) is 6.22. The molecule has 0 aliphatic carbocycles. The molecule has 104 valence electrons. The molecule has 0 saturated heterocycles. The highest BCUT2D eigenvalue weighted by Gasteiger charge is 2.19. The van der Waals surface area contributed by atoms with Gasteiger partial charge in [0.05, 0.1) is 11.5 Å². The van der Waals surface area contributed by atoms with Crippen LogP contribution in [0.5, 0.6) is 0 Å². The summed E-state index contributed by atoms with van der Waals surface area (Å²) in [6.07, 6.45) is 0. The Labute approximate surface area is 117 Å². The summed E-state index contributed by atoms with van der Waals surface area (Å²) in [6.45, 7) is 1.74. The number of anilines is 2. The molecule has 0 spiro atoms. The van der Waals surface area contributed by atoms with Crippen LogP contribution in [0, 0.1) is 17.0 Å². The van der Waals surface area contributed by atoms with Gasteiger partial charge in [0.2, 0.25) is 0 Å². The van der Waals surface area contributed by atoms with Gasteiger partial charge in [-0.05, 0) is 30.2 Å². The van der Waals surface area contributed by atoms with Crippen molar-refractivity contribution in [1.82, 2.24) is 0 Å². The Morgan fingerprint density at radius 3 is 2.50 bits per heavy atom. The molecule has 2 aromatic carbocycles. The van der Waals surface area contributed by atoms with Crippen molar-refractivity contribution < 1.29 is 10.0 Å². The van der Waals surface area contributed by atoms with Crippen molar-refractivity contribution >= 4 is 17.1 Å². The fraction of sp³-hybridized carbons (Fsp3) is 0.200. The standard InChI is InChI=1S/C15H16N2O3/c1-11-5-3-4-6-13(11)16(2)14-8-7-12(10-18)9-15(14)17(19)20/h3-9,18H,10H2,1-2H3. The van der Waals surface area contributed by atoms with Gasteiger partial charge in [-0.3, -0.25) is 10.1 Å². The van der Waals surface area contributed by atoms with Gasteiger partial charge in [-0.2, -0.15) is 0 Å². The van der Waals surface area contributed by atoms with Gasteiger partial charge in [0.15, 0.2) is 0 Å². The summed E-state index contributed by atoms with van der Waals surface area (Å²) in [5.41, 5.74) is 2.96. The van der Waals surface area contributed by atoms with E-state index in [-0.39, 0.29) is 12.3 Å². The fourth-order valence-electron chi connectivity index (χ4n) is 2.17. The van der Waals surface area contributed by atoms with E-state index in [2.05, 4.69) is 0 Å². The van der Waals surface area contributed by atoms with E-state index >= 15 is 0 Å². The van der Waals surface area contributed by atoms with Gasteiger partial charge in [0.25, 0.3) is 5.69 Å². The Morgan fingerprint density at radius 1 is 1.20 bits per heavy atom. The number of nitro groups is 1. The predicted octanol–water partition coefficient (Wildman–Crippen LogP) is 3.16. The Balaban J connectivity index is 2.52. The van der Waals surface area contributed by atoms with Crippen LogP contribution in [0.3, 0.4) is 0 Å². The molecular formula is C15H16N2O3. The second-order valence-electron chi connectivity index (χ2n) is 4.58. The van der Waals surface area contributed by atoms with Gasteiger partial charge >= 0.3 is 0 Å². The first kappa shape index (κ1) is 14.0. The van der Waals surface area contributed by atoms with E-state index < -0.39 is 4.92 Å². The third kappa shape index (κ3) is 2.62. The summed E-state index contributed by atoms with van der Waals surface area (Å²) in [7, 11) is 1.79. The molecule has 0 aromatic heterocycles. The number of benzene rings is 2. The molecule has 0 radical (unpaired) electrons. The minimum absolute atomic E-state index is 0.0118. The number of aliphatic hydroxyl groups excluding tert-OH is 1. The van der Waals surface area contributed by atoms with Crippen LogP contribution in [0.4, 0.5) is 17.1 Å². The largest absolute Gasteiger partial charge is 0.392 e. The number of hydrogen-bond donors (Lipinski definition) is 1. The van der Waals surface area contributed by atoms with Crippen molar-refractivity contribution in [3.8, 4) is 0 Å². The lowest BCUT2D eigenvalue weighted by Crippen LogP contribution is -2.13. The summed E-state index contributed by atoms with van der Waals surface area (Å²) in [5, 5.41) is 20.3. The average molecular weight is 272 g/mol. The molecule has 0 aliphatic heterocycles. The smallest absolute Gasteiger partial charge is 0.293 e. The number of aliphatic hydroxyl groups is 1. The molecule has 0 heterocycles. The second-order valence-corrected chi connectivity index (χ2v) is 4.58. The van der Waals surface area contributed by atoms with E-state index in [9.17, 15) is 10.1 Å². The summed E-state index contributed by atoms with van der Waals surface area (Å²) in [4.78, 5) is 12.6. The van der Waals surface area contributed by atoms with E-state index in [1.807, 2.05) is 31.2 Å². The first-order chi connectivity index (χ1) is 9.54. The van der Waals surface area contributed by atoms with Crippen LogP contribution in [-0.4, -0.2) is 17.1 Å². The molecular weight excluding hydrogens is 256 g/mol. The van der Waals surface area contributed by atoms with Crippen molar-refractivity contribution in [2.45, 2.75) is 13.5 Å². The van der Waals surface area contributed by atoms with E-state index in [1.54, 1.807) is 24.1 Å². The molecule has 0 bridgehead atoms. The van der Waals surface area contributed by atoms with Gasteiger partial charge in [-0.15, -0.1) is 0 Å². The molecule has 20 heavy (non-hydrogen) atoms. The predicted molar refractivity (Wildman–Crippen MR) is 78.3 cm³/mol. The van der Waals surface area contributed by atoms with E-state index in [0.29, 0.717) is 11.3 Å². The summed E-state index contributed by atoms with van der Waals surface area (Å²) in [6, 6.07) is 12.5. The number of hydrogen-bond acceptors (Lipinski definition) is 4. The molecule has 0 fully saturated rings. The van der Waals surface area contributed by atoms with E-state index in [4.69, 9.17) is 5.11 Å². The van der Waals surface area contributed by atoms with E-state index in [1.165, 1.54) is 6.07 Å². The normalized spacial score (nSPS) is 10.3. The third-order valence-corrected chi connectivity index (χ3v) is 3.26. The molecule has 0 saturated carbocycles. The topological polar surface area (TPSA) is 66.6 Å². The van der Waals surface area contributed by atoms with Crippen LogP contribution in [0.15, 0.2) is 42.5 Å². The van der Waals surface area contributed by atoms with Crippen molar-refractivity contribution in [1.29, 1.82) is 0 Å². The van der Waals surface area contributed by atoms with Crippen LogP contribution in [-0.2, 0) is 6.61 Å². The molecule has 0 aliphatic rings. The maximum atomic E-state index is 11.2. The fourth-order valence-corrected chi connectivity index (χ4v) is 2.17. The molecule has 5 heteroatoms. The monoisotopic (exact) mass is 272 g/mol. The second kappa shape index (κ2) is 5.71. The highest BCUT2D eigenvalue weighted by Crippen LogP contribution is 2.34. The molecule has 0 amide bonds. The minimum Gasteiger partial charge on any atom is -0.392 e. The Hall–Kier alpha value is -2.40. The summed E-state index contributed by atoms with van der Waals surface area (Å²) >= 11 is 0. The maximum Gasteiger partial charge on any atom is 0.293 e. The van der Waals surface area contributed by atoms with Crippen molar-refractivity contribution in [3.05, 3.63) is 63.7 Å². The third-order valence-electron chi connectivity index (χ3n) is 3.26. The molecule has 1 N–H and O–H groups in total. The van der Waals surface area contributed by atoms with Crippen molar-refractivity contribution in [2.24, 2.45) is 0 Å². The molecule has 0 unspecified atom stereocenters. The Bertz CT molecular complexity index is 641. The number of aryl methyl sites for hydroxylation is 1. The van der Waals surface area contributed by atoms with E-state index in [0.717, 1.165) is 11.3 Å². The molecule has 2 rings (SSSR count). The van der Waals surface area contributed by atoms with Crippen LogP contribution >= 0.6 is 0 Å². The zero-order valence-corrected chi connectivity index (χ0v) is 11.4. The number of para-hydroxylation sites is 1. The first-order valence-electron chi connectivity index (χ1n) is 6.22. The molecule has 2 aromatic rings. The zero-order valence-electron chi connectivity index (χ0n) is 11.4. The van der Waals surface area contributed by atoms with Gasteiger partial charge in [-0.1, -0.05) is 24.3 Å². The van der Waals surface area contributed by atoms with Gasteiger partial charge in [0.1, 0.15) is 5.69 Å². The Morgan fingerprint density at radius 2 is 1.90 bits per heavy atom. The minimum atomic E-state index is -0.427. The molecule has 5 nitrogen and oxygen atoms in total. The number of nitrogens with zero attached hydrogens (tertiary/aromatic N) is 2. The highest BCUT2D eigenvalue weighted by molar-refractivity contribution is 5.73. The van der Waals surface area contributed by atoms with Crippen molar-refractivity contribution in [2.75, 3.05) is 11.9 Å². The van der Waals surface area contributed by atoms with Gasteiger partial charge in [-0.25, -0.2) is 0 Å². The average Bonchev–Trinajstić information content (AvgIpc) is 2.46. The van der Waals surface area contributed by atoms with Crippen LogP contribution in [0.1, 0.15) is 11.1 Å². The van der Waals surface area contributed by atoms with Gasteiger partial charge < -0.3 is 10.0 Å². The van der Waals surface area contributed by atoms with Crippen molar-refractivity contribution in [3.63, 3.8) is 0 Å². The van der Waals surface area contributed by atoms with Crippen LogP contribution in [0.2, 0.25) is 0 Å². The molecule has 0 atom stereocenters. The number of nitro benzene ring substituents is 1. The van der Waals surface area contributed by atoms with Crippen LogP contribution in [0.25, 0.3) is 0 Å². The SMILES string of the molecule is Cc1ccccc1N(C)c1ccc(CO)cc1[N+](=O)[O-]. The lowest BCUT2D eigenvalue weighted by atomic mass is 10.1. The number of rotatable bonds is 4. The highest BCUT2D eigenvalue weighted by atomic mass is 16.6. The Kier molecular flexibility index (Phi) is 4.00. The summed E-state index contributed by atoms with van der Waals surface area (Å²) < 4.78 is 0. The quantitative estimate of drug-likeness (QED) is 0.685. The van der Waals surface area contributed by atoms with Crippen LogP contribution < -0.4 is 4.90 Å². The maximum absolute atomic E-state index is 11.2. The lowest BCUT2D eigenvalue weighted by Gasteiger charge is -2.21.